The Bertz CT molecular complexity index is 1410. The molecule has 0 bridgehead atoms. The van der Waals surface area contributed by atoms with E-state index in [1.54, 1.807) is 37.3 Å². The topological polar surface area (TPSA) is 86.8 Å². The van der Waals surface area contributed by atoms with E-state index in [4.69, 9.17) is 0 Å². The van der Waals surface area contributed by atoms with Gasteiger partial charge in [0.05, 0.1) is 11.9 Å². The number of sulfonamides is 1. The fourth-order valence-corrected chi connectivity index (χ4v) is 5.37. The minimum absolute atomic E-state index is 0.182. The highest BCUT2D eigenvalue weighted by atomic mass is 32.2. The van der Waals surface area contributed by atoms with Crippen LogP contribution in [0.25, 0.3) is 0 Å². The Kier molecular flexibility index (Phi) is 10.8. The molecule has 3 aromatic rings. The van der Waals surface area contributed by atoms with Crippen molar-refractivity contribution >= 4 is 27.5 Å². The molecule has 0 heterocycles. The summed E-state index contributed by atoms with van der Waals surface area (Å²) in [5, 5.41) is 2.91. The van der Waals surface area contributed by atoms with Crippen molar-refractivity contribution in [1.29, 1.82) is 0 Å². The highest BCUT2D eigenvalue weighted by Gasteiger charge is 2.33. The summed E-state index contributed by atoms with van der Waals surface area (Å²) < 4.78 is 41.8. The molecule has 40 heavy (non-hydrogen) atoms. The molecule has 1 N–H and O–H groups in total. The van der Waals surface area contributed by atoms with Crippen LogP contribution in [0.15, 0.2) is 72.8 Å². The van der Waals surface area contributed by atoms with E-state index in [2.05, 4.69) is 5.32 Å². The monoisotopic (exact) mass is 567 g/mol. The average molecular weight is 568 g/mol. The molecular weight excluding hydrogens is 529 g/mol. The molecule has 0 spiro atoms. The van der Waals surface area contributed by atoms with E-state index in [9.17, 15) is 22.4 Å². The number of aryl methyl sites for hydroxylation is 1. The Morgan fingerprint density at radius 1 is 0.950 bits per heavy atom. The second-order valence-electron chi connectivity index (χ2n) is 9.95. The van der Waals surface area contributed by atoms with E-state index in [1.165, 1.54) is 11.0 Å². The first-order valence-corrected chi connectivity index (χ1v) is 15.3. The fourth-order valence-electron chi connectivity index (χ4n) is 4.47. The van der Waals surface area contributed by atoms with E-state index in [0.717, 1.165) is 40.1 Å². The largest absolute Gasteiger partial charge is 0.354 e. The second kappa shape index (κ2) is 14.1. The van der Waals surface area contributed by atoms with Crippen LogP contribution in [-0.4, -0.2) is 50.5 Å². The van der Waals surface area contributed by atoms with E-state index < -0.39 is 34.3 Å². The van der Waals surface area contributed by atoms with E-state index in [1.807, 2.05) is 50.2 Å². The van der Waals surface area contributed by atoms with Crippen LogP contribution in [-0.2, 0) is 32.6 Å². The molecule has 0 radical (unpaired) electrons. The number of anilines is 1. The maximum absolute atomic E-state index is 14.8. The van der Waals surface area contributed by atoms with Crippen molar-refractivity contribution < 1.29 is 22.4 Å². The third kappa shape index (κ3) is 8.14. The minimum atomic E-state index is -3.88. The predicted octanol–water partition coefficient (Wildman–Crippen LogP) is 4.76. The van der Waals surface area contributed by atoms with Crippen LogP contribution in [0.4, 0.5) is 10.1 Å². The van der Waals surface area contributed by atoms with Crippen molar-refractivity contribution in [1.82, 2.24) is 10.2 Å². The third-order valence-electron chi connectivity index (χ3n) is 6.92. The highest BCUT2D eigenvalue weighted by molar-refractivity contribution is 7.92. The van der Waals surface area contributed by atoms with Crippen LogP contribution >= 0.6 is 0 Å². The number of halogens is 1. The second-order valence-corrected chi connectivity index (χ2v) is 11.9. The van der Waals surface area contributed by atoms with Gasteiger partial charge in [-0.1, -0.05) is 74.0 Å². The van der Waals surface area contributed by atoms with Crippen molar-refractivity contribution in [3.8, 4) is 0 Å². The summed E-state index contributed by atoms with van der Waals surface area (Å²) in [7, 11) is -3.88. The predicted molar refractivity (Wildman–Crippen MR) is 157 cm³/mol. The number of carbonyl (C=O) groups is 2. The normalized spacial score (nSPS) is 12.0. The van der Waals surface area contributed by atoms with Gasteiger partial charge in [0.15, 0.2) is 0 Å². The number of hydrogen-bond donors (Lipinski definition) is 1. The van der Waals surface area contributed by atoms with E-state index in [-0.39, 0.29) is 24.4 Å². The zero-order valence-corrected chi connectivity index (χ0v) is 24.4. The summed E-state index contributed by atoms with van der Waals surface area (Å²) in [6.45, 7) is 5.36. The first-order valence-electron chi connectivity index (χ1n) is 13.4. The number of hydrogen-bond acceptors (Lipinski definition) is 4. The lowest BCUT2D eigenvalue weighted by molar-refractivity contribution is -0.140. The van der Waals surface area contributed by atoms with Gasteiger partial charge in [0.1, 0.15) is 18.4 Å². The summed E-state index contributed by atoms with van der Waals surface area (Å²) in [5.41, 5.74) is 3.03. The number of nitrogens with one attached hydrogen (secondary N) is 1. The van der Waals surface area contributed by atoms with Gasteiger partial charge in [0.2, 0.25) is 21.8 Å². The Morgan fingerprint density at radius 2 is 1.62 bits per heavy atom. The van der Waals surface area contributed by atoms with Crippen LogP contribution in [0.1, 0.15) is 42.0 Å². The molecule has 3 aromatic carbocycles. The molecule has 0 aliphatic heterocycles. The number of rotatable bonds is 13. The Morgan fingerprint density at radius 3 is 2.27 bits per heavy atom. The van der Waals surface area contributed by atoms with Gasteiger partial charge in [0.25, 0.3) is 0 Å². The maximum Gasteiger partial charge on any atom is 0.244 e. The molecule has 0 aromatic heterocycles. The molecule has 0 unspecified atom stereocenters. The molecule has 0 aliphatic carbocycles. The summed E-state index contributed by atoms with van der Waals surface area (Å²) in [6, 6.07) is 19.6. The van der Waals surface area contributed by atoms with Gasteiger partial charge >= 0.3 is 0 Å². The molecule has 214 valence electrons. The van der Waals surface area contributed by atoms with Crippen molar-refractivity contribution in [2.75, 3.05) is 23.7 Å². The van der Waals surface area contributed by atoms with Crippen LogP contribution in [0.3, 0.4) is 0 Å². The maximum atomic E-state index is 14.8. The van der Waals surface area contributed by atoms with E-state index >= 15 is 0 Å². The van der Waals surface area contributed by atoms with Gasteiger partial charge in [-0.3, -0.25) is 13.9 Å². The molecule has 1 atom stereocenters. The fraction of sp³-hybridized carbons (Fsp3) is 0.355. The van der Waals surface area contributed by atoms with Gasteiger partial charge in [0, 0.05) is 25.1 Å². The van der Waals surface area contributed by atoms with Gasteiger partial charge in [-0.15, -0.1) is 0 Å². The lowest BCUT2D eigenvalue weighted by Gasteiger charge is -2.34. The molecule has 2 amide bonds. The molecule has 0 aliphatic rings. The Hall–Kier alpha value is -3.72. The van der Waals surface area contributed by atoms with Crippen molar-refractivity contribution in [2.24, 2.45) is 0 Å². The van der Waals surface area contributed by atoms with E-state index in [0.29, 0.717) is 12.2 Å². The SMILES string of the molecule is CCCCNC(=O)[C@@H](Cc1ccccc1)N(Cc1ccccc1F)C(=O)CN(c1cccc(C)c1C)S(C)(=O)=O. The van der Waals surface area contributed by atoms with Crippen molar-refractivity contribution in [3.05, 3.63) is 101 Å². The zero-order chi connectivity index (χ0) is 29.3. The molecule has 3 rings (SSSR count). The standard InChI is InChI=1S/C31H38FN3O4S/c1-5-6-19-33-31(37)29(20-25-14-8-7-9-15-25)34(21-26-16-10-11-17-27(26)32)30(36)22-35(40(4,38)39)28-18-12-13-23(2)24(28)3/h7-18,29H,5-6,19-22H2,1-4H3,(H,33,37)/t29-/m1/s1. The summed E-state index contributed by atoms with van der Waals surface area (Å²) in [6.07, 6.45) is 2.86. The molecule has 0 fully saturated rings. The molecular formula is C31H38FN3O4S. The molecule has 7 nitrogen and oxygen atoms in total. The lowest BCUT2D eigenvalue weighted by Crippen LogP contribution is -2.53. The van der Waals surface area contributed by atoms with Crippen molar-refractivity contribution in [2.45, 2.75) is 52.6 Å². The van der Waals surface area contributed by atoms with Crippen LogP contribution in [0.5, 0.6) is 0 Å². The summed E-state index contributed by atoms with van der Waals surface area (Å²) >= 11 is 0. The van der Waals surface area contributed by atoms with Gasteiger partial charge in [-0.05, 0) is 49.1 Å². The summed E-state index contributed by atoms with van der Waals surface area (Å²) in [5.74, 6) is -1.50. The van der Waals surface area contributed by atoms with Gasteiger partial charge in [-0.25, -0.2) is 12.8 Å². The Balaban J connectivity index is 2.07. The zero-order valence-electron chi connectivity index (χ0n) is 23.6. The molecule has 0 saturated carbocycles. The minimum Gasteiger partial charge on any atom is -0.354 e. The van der Waals surface area contributed by atoms with Crippen LogP contribution < -0.4 is 9.62 Å². The van der Waals surface area contributed by atoms with Crippen LogP contribution in [0, 0.1) is 19.7 Å². The average Bonchev–Trinajstić information content (AvgIpc) is 2.92. The molecule has 9 heteroatoms. The number of unbranched alkanes of at least 4 members (excludes halogenated alkanes) is 1. The molecule has 0 saturated heterocycles. The number of nitrogens with zero attached hydrogens (tertiary/aromatic N) is 2. The first-order chi connectivity index (χ1) is 19.0. The smallest absolute Gasteiger partial charge is 0.244 e. The lowest BCUT2D eigenvalue weighted by atomic mass is 10.0. The summed E-state index contributed by atoms with van der Waals surface area (Å²) in [4.78, 5) is 28.9. The van der Waals surface area contributed by atoms with Crippen LogP contribution in [0.2, 0.25) is 0 Å². The van der Waals surface area contributed by atoms with Crippen molar-refractivity contribution in [3.63, 3.8) is 0 Å². The Labute approximate surface area is 237 Å². The highest BCUT2D eigenvalue weighted by Crippen LogP contribution is 2.26. The third-order valence-corrected chi connectivity index (χ3v) is 8.05. The number of benzene rings is 3. The van der Waals surface area contributed by atoms with Gasteiger partial charge < -0.3 is 10.2 Å². The van der Waals surface area contributed by atoms with Gasteiger partial charge in [-0.2, -0.15) is 0 Å². The number of amides is 2. The number of carbonyl (C=O) groups excluding carboxylic acids is 2. The first kappa shape index (κ1) is 30.8. The quantitative estimate of drug-likeness (QED) is 0.302.